The number of nitrogens with two attached hydrogens (primary N) is 3. The zero-order valence-electron chi connectivity index (χ0n) is 47.7. The van der Waals surface area contributed by atoms with E-state index in [9.17, 15) is 56.9 Å². The maximum absolute atomic E-state index is 11.0. The third-order valence-electron chi connectivity index (χ3n) is 5.85. The smallest absolute Gasteiger partial charge is 0.337 e. The molecule has 0 saturated carbocycles. The molecule has 2 aromatic rings. The number of Topliss-reactive ketones (excluding diaryl/α,β-unsaturated/α-hetero) is 1. The molecule has 4 rings (SSSR count). The summed E-state index contributed by atoms with van der Waals surface area (Å²) in [5, 5.41) is 21.6. The molecule has 28 nitrogen and oxygen atoms in total. The first-order valence-corrected chi connectivity index (χ1v) is 26.8. The van der Waals surface area contributed by atoms with Gasteiger partial charge in [-0.05, 0) is 101 Å². The fourth-order valence-corrected chi connectivity index (χ4v) is 4.36. The molecule has 1 aromatic heterocycles. The summed E-state index contributed by atoms with van der Waals surface area (Å²) in [7, 11) is 7.74. The number of sulfone groups is 1. The van der Waals surface area contributed by atoms with E-state index in [0.717, 1.165) is 35.6 Å². The van der Waals surface area contributed by atoms with Gasteiger partial charge in [0.25, 0.3) is 23.5 Å². The van der Waals surface area contributed by atoms with Gasteiger partial charge >= 0.3 is 5.97 Å². The van der Waals surface area contributed by atoms with Crippen molar-refractivity contribution in [2.45, 2.75) is 73.8 Å². The molecule has 1 aromatic carbocycles. The van der Waals surface area contributed by atoms with Crippen molar-refractivity contribution in [1.82, 2.24) is 20.2 Å². The van der Waals surface area contributed by atoms with Gasteiger partial charge in [0.1, 0.15) is 21.1 Å². The van der Waals surface area contributed by atoms with Crippen molar-refractivity contribution in [3.63, 3.8) is 0 Å². The van der Waals surface area contributed by atoms with E-state index in [2.05, 4.69) is 73.5 Å². The minimum absolute atomic E-state index is 0. The van der Waals surface area contributed by atoms with E-state index < -0.39 is 32.6 Å². The Morgan fingerprint density at radius 2 is 1.39 bits per heavy atom. The number of amides is 6. The number of hydrogen-bond donors (Lipinski definition) is 6. The van der Waals surface area contributed by atoms with E-state index in [1.54, 1.807) is 47.9 Å². The molecular weight excluding hydrogens is 1290 g/mol. The number of carboxylic acids is 1. The summed E-state index contributed by atoms with van der Waals surface area (Å²) >= 11 is 3.53. The van der Waals surface area contributed by atoms with Gasteiger partial charge < -0.3 is 36.9 Å². The molecule has 450 valence electrons. The van der Waals surface area contributed by atoms with Crippen LogP contribution in [0.15, 0.2) is 70.5 Å². The van der Waals surface area contributed by atoms with Crippen LogP contribution in [0.3, 0.4) is 0 Å². The Morgan fingerprint density at radius 1 is 1.03 bits per heavy atom. The Kier molecular flexibility index (Phi) is 86.2. The molecule has 1 unspecified atom stereocenters. The van der Waals surface area contributed by atoms with Crippen LogP contribution in [0.4, 0.5) is 5.69 Å². The summed E-state index contributed by atoms with van der Waals surface area (Å²) in [6.07, 6.45) is 10.1. The minimum atomic E-state index is -2.67. The predicted molar refractivity (Wildman–Crippen MR) is 306 cm³/mol. The Hall–Kier alpha value is -6.52. The molecule has 8 N–H and O–H groups in total. The number of ketones is 1. The number of carbonyl (C=O) groups is 10. The van der Waals surface area contributed by atoms with Crippen molar-refractivity contribution in [1.29, 1.82) is 0 Å². The number of nitrogens with zero attached hydrogens (tertiary/aromatic N) is 7. The number of thiol groups is 1. The van der Waals surface area contributed by atoms with Gasteiger partial charge in [-0.1, -0.05) is 28.9 Å². The summed E-state index contributed by atoms with van der Waals surface area (Å²) in [6.45, 7) is 16.4. The van der Waals surface area contributed by atoms with E-state index in [1.165, 1.54) is 93.4 Å². The van der Waals surface area contributed by atoms with Gasteiger partial charge in [-0.25, -0.2) is 34.8 Å². The van der Waals surface area contributed by atoms with Crippen LogP contribution in [0, 0.1) is 34.8 Å². The number of non-ortho nitro benzene ring substituents is 1. The number of nitrogens with one attached hydrogen (secondary N) is 1. The van der Waals surface area contributed by atoms with Crippen molar-refractivity contribution in [3.8, 4) is 11.8 Å². The third kappa shape index (κ3) is 83.0. The van der Waals surface area contributed by atoms with E-state index in [1.807, 2.05) is 43.7 Å². The monoisotopic (exact) mass is 1370 g/mol. The number of pyridine rings is 1. The zero-order chi connectivity index (χ0) is 64.2. The van der Waals surface area contributed by atoms with Crippen molar-refractivity contribution in [2.75, 3.05) is 60.4 Å². The average Bonchev–Trinajstić information content (AvgIpc) is 3.77. The Morgan fingerprint density at radius 3 is 1.56 bits per heavy atom. The second kappa shape index (κ2) is 69.5. The van der Waals surface area contributed by atoms with E-state index in [4.69, 9.17) is 20.2 Å². The Bertz CT molecular complexity index is 2250. The Balaban J connectivity index is -0.0000000727. The van der Waals surface area contributed by atoms with Crippen LogP contribution in [-0.4, -0.2) is 153 Å². The molecule has 1 atom stereocenters. The second-order valence-corrected chi connectivity index (χ2v) is 17.5. The normalized spacial score (nSPS) is 10.9. The molecule has 6 amide bonds. The maximum Gasteiger partial charge on any atom is 0.337 e. The number of nitro benzene ring substituents is 1. The molecular formula is C46H78N11O17S4W-. The van der Waals surface area contributed by atoms with Gasteiger partial charge in [0.15, 0.2) is 0 Å². The molecule has 0 aliphatic carbocycles. The molecule has 2 aliphatic heterocycles. The predicted octanol–water partition coefficient (Wildman–Crippen LogP) is 4.64. The standard InChI is InChI=1S/C8H7NO4.C7H9NO3.C6H7NO2.C6H7NS2.C4H6.C3H5O.C2H6N2O.C2H6O2S.C2H4O2.C2H4O.CH3N3.CH5NO.CH5N.CH4S.W/c1-13-8(10)6-2-4-7(5-3-6)9(11)12;1-4-3-6(10)8(5(2)9)7(4)11;1-4-3-5(8)7(2)6(4)9;1-8-9-6-4-2-3-5-7-6;1-3-4-2;1-3(2)4;1-2(5)4-3;1-5(2,3)4;1-2(3)4;1-2-3;1-3-4-2;1-3-2;2*1-2;/h2-5H,1H3;4H,3H2,1-2H3;3H,1-2H3;2-5H,1H3;1-2H3;1H2,2H3;3H2,1H3,(H,4,5);1-2H3;1H3,(H,3,4);2H,1H3;1H3;2H2,1H3;2H2,1H3;2H,1H3;/q;;;;;-1;;;;;;;;;. The number of likely N-dealkylation sites (N-methyl/N-ethyl adjacent to an activating group) is 1. The fraction of sp³-hybridized carbons (Fsp3) is 0.435. The first-order valence-electron chi connectivity index (χ1n) is 21.0. The SMILES string of the molecule is CC#CC.CC(=O)N1C(=O)CC(C)C1=O.CC(=O)NN.CC(=O)O.CC1=CC(=O)N(C)C1=O.CC=O.CN.CN=[N+]=[N-].COC(=O)c1ccc([N+](=O)[O-])cc1.CON.CS.CS(C)(=O)=O.CSSc1ccccn1.[CH2-]C(C)=O.[W]. The number of aliphatic carboxylic acids is 1. The molecule has 0 spiro atoms. The number of aldehydes is 1. The molecule has 0 bridgehead atoms. The number of carboxylic acid groups (broad SMARTS) is 1. The quantitative estimate of drug-likeness (QED) is 0.0193. The molecule has 2 aliphatic rings. The van der Waals surface area contributed by atoms with Crippen LogP contribution in [0.1, 0.15) is 79.1 Å². The zero-order valence-corrected chi connectivity index (χ0v) is 54.0. The van der Waals surface area contributed by atoms with E-state index >= 15 is 0 Å². The number of azide groups is 1. The molecule has 1 saturated heterocycles. The third-order valence-corrected chi connectivity index (χ3v) is 7.44. The molecule has 1 fully saturated rings. The van der Waals surface area contributed by atoms with Crippen LogP contribution in [0.2, 0.25) is 0 Å². The van der Waals surface area contributed by atoms with Crippen LogP contribution in [0.25, 0.3) is 10.4 Å². The number of imide groups is 4. The number of hydrogen-bond acceptors (Lipinski definition) is 24. The van der Waals surface area contributed by atoms with Crippen LogP contribution >= 0.6 is 34.2 Å². The van der Waals surface area contributed by atoms with Gasteiger partial charge in [-0.3, -0.25) is 54.0 Å². The number of methoxy groups -OCH3 is 1. The number of hydrazine groups is 1. The van der Waals surface area contributed by atoms with E-state index in [-0.39, 0.29) is 74.4 Å². The summed E-state index contributed by atoms with van der Waals surface area (Å²) in [6, 6.07) is 11.1. The van der Waals surface area contributed by atoms with Crippen molar-refractivity contribution >= 4 is 109 Å². The number of benzene rings is 1. The number of carbonyl (C=O) groups excluding carboxylic acids is 9. The minimum Gasteiger partial charge on any atom is -0.481 e. The first kappa shape index (κ1) is 98.0. The van der Waals surface area contributed by atoms with Crippen molar-refractivity contribution < 1.29 is 97.0 Å². The van der Waals surface area contributed by atoms with Gasteiger partial charge in [-0.2, -0.15) is 12.6 Å². The summed E-state index contributed by atoms with van der Waals surface area (Å²) in [5.74, 6) is 10.7. The Labute approximate surface area is 491 Å². The van der Waals surface area contributed by atoms with E-state index in [0.29, 0.717) is 16.0 Å². The average molecular weight is 1370 g/mol. The van der Waals surface area contributed by atoms with Crippen LogP contribution in [-0.2, 0) is 83.6 Å². The fourth-order valence-electron chi connectivity index (χ4n) is 3.14. The van der Waals surface area contributed by atoms with Crippen LogP contribution in [0.5, 0.6) is 0 Å². The molecule has 33 heteroatoms. The number of nitro groups is 1. The number of likely N-dealkylation sites (tertiary alicyclic amines) is 1. The number of rotatable bonds is 4. The maximum atomic E-state index is 11.0. The summed E-state index contributed by atoms with van der Waals surface area (Å²) in [5.41, 5.74) is 14.5. The van der Waals surface area contributed by atoms with Gasteiger partial charge in [-0.15, -0.1) is 11.8 Å². The second-order valence-electron chi connectivity index (χ2n) is 12.8. The van der Waals surface area contributed by atoms with Gasteiger partial charge in [0.05, 0.1) is 24.7 Å². The van der Waals surface area contributed by atoms with Crippen molar-refractivity contribution in [2.24, 2.45) is 28.5 Å². The first-order chi connectivity index (χ1) is 36.1. The van der Waals surface area contributed by atoms with Gasteiger partial charge in [0.2, 0.25) is 23.6 Å². The molecule has 79 heavy (non-hydrogen) atoms. The molecule has 3 heterocycles. The summed E-state index contributed by atoms with van der Waals surface area (Å²) in [4.78, 5) is 123. The topological polar surface area (TPSA) is 445 Å². The summed E-state index contributed by atoms with van der Waals surface area (Å²) < 4.78 is 23.7. The number of ether oxygens (including phenoxy) is 1. The van der Waals surface area contributed by atoms with Gasteiger partial charge in [0, 0.05) is 116 Å². The number of aromatic nitrogens is 1. The van der Waals surface area contributed by atoms with Crippen LogP contribution < -0.4 is 22.9 Å². The largest absolute Gasteiger partial charge is 0.481 e. The van der Waals surface area contributed by atoms with Crippen molar-refractivity contribution in [3.05, 3.63) is 93.4 Å². The number of esters is 1. The molecule has 0 radical (unpaired) electrons.